The average molecular weight is 239 g/mol. The van der Waals surface area contributed by atoms with E-state index < -0.39 is 0 Å². The lowest BCUT2D eigenvalue weighted by Gasteiger charge is -2.29. The molecule has 0 aromatic rings. The molecule has 1 amide bonds. The van der Waals surface area contributed by atoms with Crippen molar-refractivity contribution in [2.45, 2.75) is 78.2 Å². The Balaban J connectivity index is 2.15. The first-order valence-electron chi connectivity index (χ1n) is 7.43. The van der Waals surface area contributed by atoms with Gasteiger partial charge in [-0.15, -0.1) is 0 Å². The van der Waals surface area contributed by atoms with Gasteiger partial charge in [0.2, 0.25) is 5.91 Å². The van der Waals surface area contributed by atoms with Crippen molar-refractivity contribution in [2.75, 3.05) is 0 Å². The van der Waals surface area contributed by atoms with Crippen molar-refractivity contribution in [3.05, 3.63) is 0 Å². The molecular weight excluding hydrogens is 210 g/mol. The molecule has 0 aromatic carbocycles. The molecule has 0 atom stereocenters. The van der Waals surface area contributed by atoms with E-state index >= 15 is 0 Å². The van der Waals surface area contributed by atoms with E-state index in [1.165, 1.54) is 51.4 Å². The van der Waals surface area contributed by atoms with Crippen molar-refractivity contribution < 1.29 is 4.79 Å². The lowest BCUT2D eigenvalue weighted by Crippen LogP contribution is -2.39. The lowest BCUT2D eigenvalue weighted by atomic mass is 9.83. The van der Waals surface area contributed by atoms with E-state index in [1.807, 2.05) is 13.8 Å². The maximum absolute atomic E-state index is 11.6. The molecule has 1 aliphatic carbocycles. The Morgan fingerprint density at radius 2 is 1.82 bits per heavy atom. The summed E-state index contributed by atoms with van der Waals surface area (Å²) in [6.07, 6.45) is 10.5. The first kappa shape index (κ1) is 14.5. The quantitative estimate of drug-likeness (QED) is 0.700. The molecule has 2 nitrogen and oxygen atoms in total. The number of carbonyl (C=O) groups is 1. The van der Waals surface area contributed by atoms with Crippen LogP contribution in [-0.4, -0.2) is 11.9 Å². The summed E-state index contributed by atoms with van der Waals surface area (Å²) in [6, 6.07) is 0.451. The summed E-state index contributed by atoms with van der Waals surface area (Å²) >= 11 is 0. The van der Waals surface area contributed by atoms with Crippen LogP contribution in [0.1, 0.15) is 72.1 Å². The Bertz CT molecular complexity index is 217. The minimum atomic E-state index is 0.122. The predicted molar refractivity (Wildman–Crippen MR) is 72.9 cm³/mol. The molecule has 0 unspecified atom stereocenters. The van der Waals surface area contributed by atoms with Crippen LogP contribution in [0.15, 0.2) is 0 Å². The third kappa shape index (κ3) is 5.56. The van der Waals surface area contributed by atoms with Gasteiger partial charge < -0.3 is 5.32 Å². The van der Waals surface area contributed by atoms with Gasteiger partial charge in [0.1, 0.15) is 0 Å². The summed E-state index contributed by atoms with van der Waals surface area (Å²) in [5.74, 6) is 1.27. The van der Waals surface area contributed by atoms with Crippen LogP contribution >= 0.6 is 0 Å². The van der Waals surface area contributed by atoms with Crippen LogP contribution in [-0.2, 0) is 4.79 Å². The third-order valence-electron chi connectivity index (χ3n) is 3.93. The van der Waals surface area contributed by atoms with Gasteiger partial charge in [-0.25, -0.2) is 0 Å². The molecule has 0 aliphatic heterocycles. The highest BCUT2D eigenvalue weighted by atomic mass is 16.1. The van der Waals surface area contributed by atoms with Crippen molar-refractivity contribution in [1.29, 1.82) is 0 Å². The molecule has 0 bridgehead atoms. The molecule has 17 heavy (non-hydrogen) atoms. The monoisotopic (exact) mass is 239 g/mol. The number of hydrogen-bond donors (Lipinski definition) is 1. The van der Waals surface area contributed by atoms with E-state index in [0.717, 1.165) is 5.92 Å². The summed E-state index contributed by atoms with van der Waals surface area (Å²) in [4.78, 5) is 11.6. The summed E-state index contributed by atoms with van der Waals surface area (Å²) < 4.78 is 0. The fourth-order valence-electron chi connectivity index (χ4n) is 2.65. The van der Waals surface area contributed by atoms with Crippen molar-refractivity contribution >= 4 is 5.91 Å². The standard InChI is InChI=1S/C15H29NO/c1-4-5-6-7-13-8-10-14(11-9-13)16-15(17)12(2)3/h12-14H,4-11H2,1-3H3,(H,16,17). The number of rotatable bonds is 6. The van der Waals surface area contributed by atoms with Crippen LogP contribution in [0.3, 0.4) is 0 Å². The molecule has 1 fully saturated rings. The van der Waals surface area contributed by atoms with Gasteiger partial charge in [-0.3, -0.25) is 4.79 Å². The molecule has 0 saturated heterocycles. The minimum absolute atomic E-state index is 0.122. The summed E-state index contributed by atoms with van der Waals surface area (Å²) in [5.41, 5.74) is 0. The van der Waals surface area contributed by atoms with Crippen LogP contribution in [0.2, 0.25) is 0 Å². The maximum Gasteiger partial charge on any atom is 0.222 e. The molecule has 0 aromatic heterocycles. The summed E-state index contributed by atoms with van der Waals surface area (Å²) in [6.45, 7) is 6.19. The fourth-order valence-corrected chi connectivity index (χ4v) is 2.65. The summed E-state index contributed by atoms with van der Waals surface area (Å²) in [7, 11) is 0. The second-order valence-electron chi connectivity index (χ2n) is 5.88. The van der Waals surface area contributed by atoms with Crippen molar-refractivity contribution in [1.82, 2.24) is 5.32 Å². The number of nitrogens with one attached hydrogen (secondary N) is 1. The second kappa shape index (κ2) is 7.73. The van der Waals surface area contributed by atoms with Crippen molar-refractivity contribution in [3.8, 4) is 0 Å². The van der Waals surface area contributed by atoms with E-state index in [-0.39, 0.29) is 11.8 Å². The van der Waals surface area contributed by atoms with Gasteiger partial charge in [0.25, 0.3) is 0 Å². The molecule has 1 rings (SSSR count). The fraction of sp³-hybridized carbons (Fsp3) is 0.933. The average Bonchev–Trinajstić information content (AvgIpc) is 2.31. The predicted octanol–water partition coefficient (Wildman–Crippen LogP) is 3.90. The highest BCUT2D eigenvalue weighted by Gasteiger charge is 2.22. The molecular formula is C15H29NO. The number of carbonyl (C=O) groups excluding carboxylic acids is 1. The van der Waals surface area contributed by atoms with Gasteiger partial charge in [-0.1, -0.05) is 46.5 Å². The normalized spacial score (nSPS) is 24.9. The molecule has 0 heterocycles. The van der Waals surface area contributed by atoms with Gasteiger partial charge in [0, 0.05) is 12.0 Å². The van der Waals surface area contributed by atoms with Crippen molar-refractivity contribution in [2.24, 2.45) is 11.8 Å². The summed E-state index contributed by atoms with van der Waals surface area (Å²) in [5, 5.41) is 3.17. The number of hydrogen-bond acceptors (Lipinski definition) is 1. The lowest BCUT2D eigenvalue weighted by molar-refractivity contribution is -0.125. The smallest absolute Gasteiger partial charge is 0.222 e. The zero-order valence-corrected chi connectivity index (χ0v) is 11.8. The van der Waals surface area contributed by atoms with E-state index in [2.05, 4.69) is 12.2 Å². The Morgan fingerprint density at radius 3 is 2.35 bits per heavy atom. The van der Waals surface area contributed by atoms with Gasteiger partial charge in [-0.05, 0) is 31.6 Å². The Hall–Kier alpha value is -0.530. The van der Waals surface area contributed by atoms with Gasteiger partial charge in [0.05, 0.1) is 0 Å². The first-order valence-corrected chi connectivity index (χ1v) is 7.43. The van der Waals surface area contributed by atoms with E-state index in [0.29, 0.717) is 6.04 Å². The molecule has 0 spiro atoms. The minimum Gasteiger partial charge on any atom is -0.353 e. The van der Waals surface area contributed by atoms with Crippen molar-refractivity contribution in [3.63, 3.8) is 0 Å². The zero-order chi connectivity index (χ0) is 12.7. The molecule has 1 saturated carbocycles. The maximum atomic E-state index is 11.6. The van der Waals surface area contributed by atoms with Gasteiger partial charge >= 0.3 is 0 Å². The molecule has 100 valence electrons. The van der Waals surface area contributed by atoms with Crippen LogP contribution in [0.4, 0.5) is 0 Å². The second-order valence-corrected chi connectivity index (χ2v) is 5.88. The topological polar surface area (TPSA) is 29.1 Å². The van der Waals surface area contributed by atoms with Crippen LogP contribution < -0.4 is 5.32 Å². The molecule has 2 heteroatoms. The zero-order valence-electron chi connectivity index (χ0n) is 11.8. The Labute approximate surface area is 107 Å². The SMILES string of the molecule is CCCCCC1CCC(NC(=O)C(C)C)CC1. The highest BCUT2D eigenvalue weighted by molar-refractivity contribution is 5.78. The number of amides is 1. The molecule has 0 radical (unpaired) electrons. The van der Waals surface area contributed by atoms with Crippen LogP contribution in [0.5, 0.6) is 0 Å². The largest absolute Gasteiger partial charge is 0.353 e. The van der Waals surface area contributed by atoms with Gasteiger partial charge in [-0.2, -0.15) is 0 Å². The van der Waals surface area contributed by atoms with E-state index in [9.17, 15) is 4.79 Å². The van der Waals surface area contributed by atoms with Crippen LogP contribution in [0.25, 0.3) is 0 Å². The molecule has 1 aliphatic rings. The molecule has 1 N–H and O–H groups in total. The number of unbranched alkanes of at least 4 members (excludes halogenated alkanes) is 2. The van der Waals surface area contributed by atoms with E-state index in [1.54, 1.807) is 0 Å². The van der Waals surface area contributed by atoms with Crippen LogP contribution in [0, 0.1) is 11.8 Å². The van der Waals surface area contributed by atoms with Gasteiger partial charge in [0.15, 0.2) is 0 Å². The third-order valence-corrected chi connectivity index (χ3v) is 3.93. The Morgan fingerprint density at radius 1 is 1.18 bits per heavy atom. The highest BCUT2D eigenvalue weighted by Crippen LogP contribution is 2.28. The first-order chi connectivity index (χ1) is 8.13. The van der Waals surface area contributed by atoms with E-state index in [4.69, 9.17) is 0 Å². The Kier molecular flexibility index (Phi) is 6.61.